The number of hydrogen-bond acceptors (Lipinski definition) is 7. The number of carbonyl (C=O) groups is 2. The van der Waals surface area contributed by atoms with E-state index in [1.54, 1.807) is 16.8 Å². The lowest BCUT2D eigenvalue weighted by Crippen LogP contribution is -2.55. The van der Waals surface area contributed by atoms with Crippen molar-refractivity contribution < 1.29 is 19.2 Å². The van der Waals surface area contributed by atoms with Crippen molar-refractivity contribution in [2.45, 2.75) is 38.3 Å². The number of aliphatic imine (C=N–C) groups is 1. The summed E-state index contributed by atoms with van der Waals surface area (Å²) in [4.78, 5) is 43.2. The fraction of sp³-hybridized carbons (Fsp3) is 0.389. The van der Waals surface area contributed by atoms with Gasteiger partial charge in [0.25, 0.3) is 5.91 Å². The third kappa shape index (κ3) is 7.45. The topological polar surface area (TPSA) is 102 Å². The lowest BCUT2D eigenvalue weighted by atomic mass is 9.85. The third-order valence-electron chi connectivity index (χ3n) is 8.85. The molecule has 2 atom stereocenters. The Balaban J connectivity index is 1.59. The highest BCUT2D eigenvalue weighted by molar-refractivity contribution is 6.30. The summed E-state index contributed by atoms with van der Waals surface area (Å²) < 4.78 is 6.17. The van der Waals surface area contributed by atoms with E-state index < -0.39 is 17.5 Å². The quantitative estimate of drug-likeness (QED) is 0.238. The van der Waals surface area contributed by atoms with Crippen LogP contribution in [0.3, 0.4) is 0 Å². The molecule has 10 nitrogen and oxygen atoms in total. The monoisotopic (exact) mass is 690 g/mol. The minimum absolute atomic E-state index is 0.161. The number of urea groups is 1. The standard InChI is InChI=1S/C36H40Cl2N6O4/c1-6-48-30-21-26(36(2,3)23-39)11-16-29(30)34-40-32(24-7-12-27(37)13-8-24)33(25-9-14-28(38)15-10-25)44(34)35(46)43-19-17-42(18-20-43)22-31(45)41(4)47-5/h7-16,21,32-33H,6,17-20,22H2,1-5H3/t32-,33+/m0/s1. The van der Waals surface area contributed by atoms with Crippen LogP contribution in [-0.4, -0.2) is 91.0 Å². The molecule has 0 radical (unpaired) electrons. The number of benzene rings is 3. The maximum atomic E-state index is 14.8. The molecule has 0 spiro atoms. The minimum Gasteiger partial charge on any atom is -0.493 e. The Morgan fingerprint density at radius 1 is 0.979 bits per heavy atom. The summed E-state index contributed by atoms with van der Waals surface area (Å²) in [6, 6.07) is 21.8. The summed E-state index contributed by atoms with van der Waals surface area (Å²) in [5, 5.41) is 12.2. The maximum absolute atomic E-state index is 14.8. The van der Waals surface area contributed by atoms with Crippen LogP contribution in [0.15, 0.2) is 71.7 Å². The average Bonchev–Trinajstić information content (AvgIpc) is 3.49. The fourth-order valence-electron chi connectivity index (χ4n) is 5.93. The van der Waals surface area contributed by atoms with Crippen LogP contribution in [0, 0.1) is 11.3 Å². The van der Waals surface area contributed by atoms with Crippen LogP contribution < -0.4 is 4.74 Å². The molecule has 0 saturated carbocycles. The van der Waals surface area contributed by atoms with Crippen molar-refractivity contribution in [2.24, 2.45) is 4.99 Å². The van der Waals surface area contributed by atoms with Gasteiger partial charge in [0.2, 0.25) is 0 Å². The van der Waals surface area contributed by atoms with Crippen LogP contribution in [-0.2, 0) is 15.0 Å². The summed E-state index contributed by atoms with van der Waals surface area (Å²) in [5.41, 5.74) is 2.43. The number of likely N-dealkylation sites (N-methyl/N-ethyl adjacent to an activating group) is 1. The second-order valence-electron chi connectivity index (χ2n) is 12.3. The van der Waals surface area contributed by atoms with Gasteiger partial charge in [-0.25, -0.2) is 9.86 Å². The molecule has 0 aromatic heterocycles. The Hall–Kier alpha value is -4.14. The number of amidine groups is 1. The first kappa shape index (κ1) is 35.2. The molecular weight excluding hydrogens is 651 g/mol. The highest BCUT2D eigenvalue weighted by Crippen LogP contribution is 2.46. The predicted molar refractivity (Wildman–Crippen MR) is 186 cm³/mol. The van der Waals surface area contributed by atoms with Crippen molar-refractivity contribution >= 4 is 41.0 Å². The summed E-state index contributed by atoms with van der Waals surface area (Å²) >= 11 is 12.6. The van der Waals surface area contributed by atoms with Gasteiger partial charge in [0, 0.05) is 43.3 Å². The van der Waals surface area contributed by atoms with Gasteiger partial charge in [-0.05, 0) is 73.9 Å². The average molecular weight is 692 g/mol. The number of hydrogen-bond donors (Lipinski definition) is 0. The van der Waals surface area contributed by atoms with Crippen molar-refractivity contribution in [1.29, 1.82) is 5.26 Å². The highest BCUT2D eigenvalue weighted by atomic mass is 35.5. The number of rotatable bonds is 9. The van der Waals surface area contributed by atoms with E-state index in [1.165, 1.54) is 12.2 Å². The first-order chi connectivity index (χ1) is 23.0. The lowest BCUT2D eigenvalue weighted by Gasteiger charge is -2.39. The van der Waals surface area contributed by atoms with E-state index in [0.717, 1.165) is 16.7 Å². The molecule has 2 heterocycles. The zero-order chi connectivity index (χ0) is 34.6. The van der Waals surface area contributed by atoms with Gasteiger partial charge >= 0.3 is 6.03 Å². The molecule has 3 amide bonds. The predicted octanol–water partition coefficient (Wildman–Crippen LogP) is 6.50. The van der Waals surface area contributed by atoms with E-state index in [2.05, 4.69) is 6.07 Å². The molecule has 252 valence electrons. The molecule has 0 N–H and O–H groups in total. The molecule has 1 fully saturated rings. The molecule has 0 aliphatic carbocycles. The van der Waals surface area contributed by atoms with Gasteiger partial charge in [-0.1, -0.05) is 53.5 Å². The Bertz CT molecular complexity index is 1700. The minimum atomic E-state index is -0.756. The normalized spacial score (nSPS) is 18.3. The SMILES string of the molecule is CCOc1cc(C(C)(C)C#N)ccc1C1=N[C@@H](c2ccc(Cl)cc2)[C@@H](c2ccc(Cl)cc2)N1C(=O)N1CCN(CC(=O)N(C)OC)CC1. The zero-order valence-corrected chi connectivity index (χ0v) is 29.3. The van der Waals surface area contributed by atoms with Crippen LogP contribution in [0.25, 0.3) is 0 Å². The molecule has 1 saturated heterocycles. The van der Waals surface area contributed by atoms with E-state index in [1.807, 2.05) is 92.4 Å². The van der Waals surface area contributed by atoms with Crippen LogP contribution >= 0.6 is 23.2 Å². The van der Waals surface area contributed by atoms with Crippen molar-refractivity contribution in [2.75, 3.05) is 53.5 Å². The number of ether oxygens (including phenoxy) is 1. The van der Waals surface area contributed by atoms with Gasteiger partial charge < -0.3 is 9.64 Å². The van der Waals surface area contributed by atoms with E-state index in [-0.39, 0.29) is 18.5 Å². The summed E-state index contributed by atoms with van der Waals surface area (Å²) in [6.07, 6.45) is 0. The molecule has 48 heavy (non-hydrogen) atoms. The number of nitrogens with zero attached hydrogens (tertiary/aromatic N) is 6. The van der Waals surface area contributed by atoms with Gasteiger partial charge in [0.05, 0.1) is 43.4 Å². The number of amides is 3. The molecule has 3 aromatic rings. The zero-order valence-electron chi connectivity index (χ0n) is 27.8. The Kier molecular flexibility index (Phi) is 11.0. The fourth-order valence-corrected chi connectivity index (χ4v) is 6.18. The Labute approximate surface area is 292 Å². The number of piperazine rings is 1. The molecule has 0 bridgehead atoms. The van der Waals surface area contributed by atoms with Crippen LogP contribution in [0.5, 0.6) is 5.75 Å². The number of halogens is 2. The van der Waals surface area contributed by atoms with Crippen molar-refractivity contribution in [1.82, 2.24) is 19.8 Å². The van der Waals surface area contributed by atoms with Crippen molar-refractivity contribution in [3.8, 4) is 11.8 Å². The second kappa shape index (κ2) is 15.0. The highest BCUT2D eigenvalue weighted by Gasteiger charge is 2.45. The van der Waals surface area contributed by atoms with Crippen molar-refractivity contribution in [3.05, 3.63) is 99.0 Å². The number of carbonyl (C=O) groups excluding carboxylic acids is 2. The van der Waals surface area contributed by atoms with E-state index in [4.69, 9.17) is 37.8 Å². The number of hydroxylamine groups is 2. The van der Waals surface area contributed by atoms with E-state index >= 15 is 0 Å². The van der Waals surface area contributed by atoms with Gasteiger partial charge in [0.15, 0.2) is 0 Å². The van der Waals surface area contributed by atoms with Crippen LogP contribution in [0.4, 0.5) is 4.79 Å². The first-order valence-electron chi connectivity index (χ1n) is 15.9. The molecule has 12 heteroatoms. The van der Waals surface area contributed by atoms with Crippen LogP contribution in [0.1, 0.15) is 55.1 Å². The summed E-state index contributed by atoms with van der Waals surface area (Å²) in [5.74, 6) is 0.836. The largest absolute Gasteiger partial charge is 0.493 e. The third-order valence-corrected chi connectivity index (χ3v) is 9.35. The molecule has 0 unspecified atom stereocenters. The smallest absolute Gasteiger partial charge is 0.326 e. The van der Waals surface area contributed by atoms with E-state index in [0.29, 0.717) is 60.0 Å². The first-order valence-corrected chi connectivity index (χ1v) is 16.6. The Morgan fingerprint density at radius 3 is 2.15 bits per heavy atom. The summed E-state index contributed by atoms with van der Waals surface area (Å²) in [6.45, 7) is 8.05. The number of nitriles is 1. The van der Waals surface area contributed by atoms with Gasteiger partial charge in [-0.15, -0.1) is 0 Å². The van der Waals surface area contributed by atoms with Gasteiger partial charge in [-0.3, -0.25) is 24.4 Å². The molecule has 2 aliphatic rings. The van der Waals surface area contributed by atoms with Crippen LogP contribution in [0.2, 0.25) is 10.0 Å². The van der Waals surface area contributed by atoms with Gasteiger partial charge in [-0.2, -0.15) is 5.26 Å². The molecule has 3 aromatic carbocycles. The lowest BCUT2D eigenvalue weighted by molar-refractivity contribution is -0.170. The van der Waals surface area contributed by atoms with Crippen molar-refractivity contribution in [3.63, 3.8) is 0 Å². The Morgan fingerprint density at radius 2 is 1.58 bits per heavy atom. The second-order valence-corrected chi connectivity index (χ2v) is 13.2. The van der Waals surface area contributed by atoms with E-state index in [9.17, 15) is 14.9 Å². The maximum Gasteiger partial charge on any atom is 0.326 e. The summed E-state index contributed by atoms with van der Waals surface area (Å²) in [7, 11) is 3.03. The molecular formula is C36H40Cl2N6O4. The molecule has 5 rings (SSSR count). The molecule has 2 aliphatic heterocycles. The van der Waals surface area contributed by atoms with Gasteiger partial charge in [0.1, 0.15) is 17.6 Å².